The summed E-state index contributed by atoms with van der Waals surface area (Å²) in [5, 5.41) is 21.5. The Hall–Kier alpha value is -0.840. The van der Waals surface area contributed by atoms with E-state index in [1.54, 1.807) is 0 Å². The molecule has 50 valence electrons. The number of hydrogen-bond acceptors (Lipinski definition) is 3. The SMILES string of the molecule is CCCO.O=[N+]([O-])O. The van der Waals surface area contributed by atoms with Crippen molar-refractivity contribution in [3.63, 3.8) is 0 Å². The summed E-state index contributed by atoms with van der Waals surface area (Å²) >= 11 is 0. The van der Waals surface area contributed by atoms with E-state index < -0.39 is 5.09 Å². The molecule has 0 heterocycles. The molecule has 0 amide bonds. The first kappa shape index (κ1) is 10.2. The van der Waals surface area contributed by atoms with Gasteiger partial charge in [-0.1, -0.05) is 6.92 Å². The van der Waals surface area contributed by atoms with Gasteiger partial charge in [0.1, 0.15) is 0 Å². The highest BCUT2D eigenvalue weighted by Crippen LogP contribution is 1.61. The molecule has 2 N–H and O–H groups in total. The summed E-state index contributed by atoms with van der Waals surface area (Å²) in [5.41, 5.74) is 0. The van der Waals surface area contributed by atoms with E-state index in [1.165, 1.54) is 0 Å². The van der Waals surface area contributed by atoms with Gasteiger partial charge in [-0.2, -0.15) is 0 Å². The maximum atomic E-state index is 8.36. The Labute approximate surface area is 46.7 Å². The highest BCUT2D eigenvalue weighted by Gasteiger charge is 1.65. The molecule has 0 aliphatic rings. The standard InChI is InChI=1S/C3H8O.HNO3/c1-2-3-4;2-1(3)4/h4H,2-3H2,1H3;(H,2,3,4). The Bertz CT molecular complexity index is 49.2. The van der Waals surface area contributed by atoms with Gasteiger partial charge < -0.3 is 10.3 Å². The molecule has 0 spiro atoms. The van der Waals surface area contributed by atoms with Gasteiger partial charge in [0, 0.05) is 6.61 Å². The summed E-state index contributed by atoms with van der Waals surface area (Å²) in [5.74, 6) is 0. The average molecular weight is 123 g/mol. The van der Waals surface area contributed by atoms with Crippen molar-refractivity contribution >= 4 is 0 Å². The Morgan fingerprint density at radius 2 is 1.88 bits per heavy atom. The highest BCUT2D eigenvalue weighted by molar-refractivity contribution is 4.10. The van der Waals surface area contributed by atoms with Crippen LogP contribution in [0.1, 0.15) is 13.3 Å². The van der Waals surface area contributed by atoms with E-state index in [0.29, 0.717) is 6.61 Å². The van der Waals surface area contributed by atoms with Crippen LogP contribution in [0.4, 0.5) is 0 Å². The van der Waals surface area contributed by atoms with Gasteiger partial charge in [0.2, 0.25) is 0 Å². The van der Waals surface area contributed by atoms with Gasteiger partial charge in [-0.05, 0) is 6.42 Å². The lowest BCUT2D eigenvalue weighted by atomic mass is 10.5. The fraction of sp³-hybridized carbons (Fsp3) is 1.00. The van der Waals surface area contributed by atoms with Crippen molar-refractivity contribution in [2.45, 2.75) is 13.3 Å². The van der Waals surface area contributed by atoms with Crippen LogP contribution < -0.4 is 0 Å². The minimum Gasteiger partial charge on any atom is -0.396 e. The van der Waals surface area contributed by atoms with E-state index in [2.05, 4.69) is 0 Å². The van der Waals surface area contributed by atoms with Crippen LogP contribution in [0.5, 0.6) is 0 Å². The average Bonchev–Trinajstić information content (AvgIpc) is 1.65. The Morgan fingerprint density at radius 1 is 1.75 bits per heavy atom. The van der Waals surface area contributed by atoms with Gasteiger partial charge >= 0.3 is 0 Å². The van der Waals surface area contributed by atoms with Crippen LogP contribution in [0.2, 0.25) is 0 Å². The number of aliphatic hydroxyl groups is 1. The van der Waals surface area contributed by atoms with Crippen LogP contribution in [0.15, 0.2) is 0 Å². The fourth-order valence-electron chi connectivity index (χ4n) is 0. The van der Waals surface area contributed by atoms with E-state index in [-0.39, 0.29) is 0 Å². The molecule has 5 nitrogen and oxygen atoms in total. The first-order chi connectivity index (χ1) is 3.65. The molecule has 0 bridgehead atoms. The molecule has 0 aromatic rings. The van der Waals surface area contributed by atoms with Crippen LogP contribution in [-0.4, -0.2) is 22.0 Å². The normalized spacial score (nSPS) is 6.75. The maximum Gasteiger partial charge on any atom is 0.291 e. The molecule has 0 atom stereocenters. The van der Waals surface area contributed by atoms with Gasteiger partial charge in [-0.15, -0.1) is 10.1 Å². The topological polar surface area (TPSA) is 83.6 Å². The zero-order valence-corrected chi connectivity index (χ0v) is 4.57. The third kappa shape index (κ3) is 3490. The van der Waals surface area contributed by atoms with E-state index >= 15 is 0 Å². The fourth-order valence-corrected chi connectivity index (χ4v) is 0. The smallest absolute Gasteiger partial charge is 0.291 e. The second-order valence-electron chi connectivity index (χ2n) is 0.961. The van der Waals surface area contributed by atoms with Crippen LogP contribution >= 0.6 is 0 Å². The lowest BCUT2D eigenvalue weighted by molar-refractivity contribution is -0.742. The predicted molar refractivity (Wildman–Crippen MR) is 26.2 cm³/mol. The van der Waals surface area contributed by atoms with Gasteiger partial charge in [0.05, 0.1) is 0 Å². The molecular weight excluding hydrogens is 114 g/mol. The van der Waals surface area contributed by atoms with Gasteiger partial charge in [0.25, 0.3) is 5.09 Å². The summed E-state index contributed by atoms with van der Waals surface area (Å²) in [6.07, 6.45) is 0.875. The monoisotopic (exact) mass is 123 g/mol. The van der Waals surface area contributed by atoms with Gasteiger partial charge in [-0.25, -0.2) is 0 Å². The predicted octanol–water partition coefficient (Wildman–Crippen LogP) is 0.0410. The highest BCUT2D eigenvalue weighted by atomic mass is 16.9. The first-order valence-electron chi connectivity index (χ1n) is 2.09. The van der Waals surface area contributed by atoms with E-state index in [4.69, 9.17) is 20.4 Å². The lowest BCUT2D eigenvalue weighted by Crippen LogP contribution is -1.81. The minimum absolute atomic E-state index is 0.319. The van der Waals surface area contributed by atoms with E-state index in [0.717, 1.165) is 6.42 Å². The second-order valence-corrected chi connectivity index (χ2v) is 0.961. The third-order valence-electron chi connectivity index (χ3n) is 0.224. The molecule has 0 saturated carbocycles. The molecule has 8 heavy (non-hydrogen) atoms. The zero-order valence-electron chi connectivity index (χ0n) is 4.57. The lowest BCUT2D eigenvalue weighted by Gasteiger charge is -1.69. The third-order valence-corrected chi connectivity index (χ3v) is 0.224. The van der Waals surface area contributed by atoms with Crippen molar-refractivity contribution in [3.05, 3.63) is 10.1 Å². The van der Waals surface area contributed by atoms with Crippen LogP contribution in [0, 0.1) is 10.1 Å². The minimum atomic E-state index is -1.50. The van der Waals surface area contributed by atoms with Gasteiger partial charge in [0.15, 0.2) is 0 Å². The molecule has 0 fully saturated rings. The molecule has 0 aromatic carbocycles. The van der Waals surface area contributed by atoms with Crippen molar-refractivity contribution in [2.75, 3.05) is 6.61 Å². The van der Waals surface area contributed by atoms with Crippen molar-refractivity contribution in [1.29, 1.82) is 0 Å². The number of nitrogens with zero attached hydrogens (tertiary/aromatic N) is 1. The summed E-state index contributed by atoms with van der Waals surface area (Å²) in [6, 6.07) is 0. The van der Waals surface area contributed by atoms with Crippen molar-refractivity contribution < 1.29 is 15.4 Å². The molecule has 5 heteroatoms. The van der Waals surface area contributed by atoms with Gasteiger partial charge in [-0.3, -0.25) is 0 Å². The van der Waals surface area contributed by atoms with Crippen molar-refractivity contribution in [3.8, 4) is 0 Å². The molecule has 0 aliphatic heterocycles. The van der Waals surface area contributed by atoms with Crippen LogP contribution in [-0.2, 0) is 0 Å². The van der Waals surface area contributed by atoms with Crippen LogP contribution in [0.3, 0.4) is 0 Å². The number of aliphatic hydroxyl groups excluding tert-OH is 1. The Kier molecular flexibility index (Phi) is 12.1. The number of rotatable bonds is 1. The largest absolute Gasteiger partial charge is 0.396 e. The molecule has 0 unspecified atom stereocenters. The van der Waals surface area contributed by atoms with Crippen LogP contribution in [0.25, 0.3) is 0 Å². The number of hydrogen-bond donors (Lipinski definition) is 2. The first-order valence-corrected chi connectivity index (χ1v) is 2.09. The summed E-state index contributed by atoms with van der Waals surface area (Å²) < 4.78 is 0. The van der Waals surface area contributed by atoms with E-state index in [1.807, 2.05) is 6.92 Å². The molecule has 0 rings (SSSR count). The molecule has 0 aromatic heterocycles. The molecule has 0 radical (unpaired) electrons. The molecule has 0 aliphatic carbocycles. The second kappa shape index (κ2) is 9.48. The Morgan fingerprint density at radius 3 is 1.88 bits per heavy atom. The van der Waals surface area contributed by atoms with E-state index in [9.17, 15) is 0 Å². The summed E-state index contributed by atoms with van der Waals surface area (Å²) in [7, 11) is 0. The summed E-state index contributed by atoms with van der Waals surface area (Å²) in [4.78, 5) is 8.36. The molecular formula is C3H9NO4. The zero-order chi connectivity index (χ0) is 6.99. The van der Waals surface area contributed by atoms with Crippen molar-refractivity contribution in [1.82, 2.24) is 0 Å². The van der Waals surface area contributed by atoms with Crippen molar-refractivity contribution in [2.24, 2.45) is 0 Å². The molecule has 0 saturated heterocycles. The summed E-state index contributed by atoms with van der Waals surface area (Å²) in [6.45, 7) is 2.25. The Balaban J connectivity index is 0. The quantitative estimate of drug-likeness (QED) is 0.381. The maximum absolute atomic E-state index is 8.36.